The van der Waals surface area contributed by atoms with Gasteiger partial charge in [0.25, 0.3) is 0 Å². The summed E-state index contributed by atoms with van der Waals surface area (Å²) < 4.78 is 7.73. The highest BCUT2D eigenvalue weighted by atomic mass is 16.5. The molecule has 0 radical (unpaired) electrons. The van der Waals surface area contributed by atoms with Gasteiger partial charge in [0.1, 0.15) is 24.0 Å². The smallest absolute Gasteiger partial charge is 0.147 e. The maximum atomic E-state index is 9.20. The van der Waals surface area contributed by atoms with E-state index in [0.717, 1.165) is 23.0 Å². The van der Waals surface area contributed by atoms with Crippen molar-refractivity contribution in [2.75, 3.05) is 12.3 Å². The van der Waals surface area contributed by atoms with Gasteiger partial charge in [0.05, 0.1) is 18.1 Å². The third kappa shape index (κ3) is 2.54. The molecule has 2 rings (SSSR count). The Morgan fingerprint density at radius 1 is 1.47 bits per heavy atom. The number of anilines is 1. The number of aryl methyl sites for hydroxylation is 1. The number of aliphatic hydroxyl groups excluding tert-OH is 1. The fourth-order valence-electron chi connectivity index (χ4n) is 2.19. The molecule has 0 spiro atoms. The van der Waals surface area contributed by atoms with Crippen LogP contribution in [0, 0.1) is 6.92 Å². The molecular formula is C13H20N4O2. The molecule has 0 aliphatic rings. The van der Waals surface area contributed by atoms with Crippen LogP contribution in [0.2, 0.25) is 0 Å². The van der Waals surface area contributed by atoms with Crippen LogP contribution in [-0.2, 0) is 4.74 Å². The number of ether oxygens (including phenoxy) is 1. The van der Waals surface area contributed by atoms with Gasteiger partial charge in [-0.3, -0.25) is 0 Å². The predicted octanol–water partition coefficient (Wildman–Crippen LogP) is 1.63. The van der Waals surface area contributed by atoms with Crippen LogP contribution >= 0.6 is 0 Å². The monoisotopic (exact) mass is 264 g/mol. The molecule has 6 heteroatoms. The van der Waals surface area contributed by atoms with Gasteiger partial charge in [-0.25, -0.2) is 9.97 Å². The Hall–Kier alpha value is -1.66. The fraction of sp³-hybridized carbons (Fsp3) is 0.538. The molecule has 0 aliphatic heterocycles. The zero-order chi connectivity index (χ0) is 14.0. The molecule has 0 saturated carbocycles. The van der Waals surface area contributed by atoms with Crippen molar-refractivity contribution in [1.82, 2.24) is 14.5 Å². The molecule has 19 heavy (non-hydrogen) atoms. The van der Waals surface area contributed by atoms with Crippen molar-refractivity contribution in [3.05, 3.63) is 18.1 Å². The molecule has 3 N–H and O–H groups in total. The summed E-state index contributed by atoms with van der Waals surface area (Å²) in [7, 11) is 0. The maximum Gasteiger partial charge on any atom is 0.147 e. The van der Waals surface area contributed by atoms with Crippen molar-refractivity contribution in [3.8, 4) is 0 Å². The predicted molar refractivity (Wildman–Crippen MR) is 73.6 cm³/mol. The van der Waals surface area contributed by atoms with Crippen LogP contribution in [0.3, 0.4) is 0 Å². The number of aliphatic hydroxyl groups is 1. The summed E-state index contributed by atoms with van der Waals surface area (Å²) in [5.74, 6) is 0.475. The van der Waals surface area contributed by atoms with Gasteiger partial charge in [-0.1, -0.05) is 6.92 Å². The normalized spacial score (nSPS) is 14.7. The van der Waals surface area contributed by atoms with Crippen molar-refractivity contribution >= 4 is 16.9 Å². The Morgan fingerprint density at radius 3 is 2.84 bits per heavy atom. The van der Waals surface area contributed by atoms with Gasteiger partial charge in [0.2, 0.25) is 0 Å². The largest absolute Gasteiger partial charge is 0.394 e. The van der Waals surface area contributed by atoms with Crippen LogP contribution in [0.25, 0.3) is 11.0 Å². The van der Waals surface area contributed by atoms with E-state index in [0.29, 0.717) is 5.82 Å². The third-order valence-electron chi connectivity index (χ3n) is 3.27. The summed E-state index contributed by atoms with van der Waals surface area (Å²) in [6, 6.07) is 0. The number of aromatic nitrogens is 3. The summed E-state index contributed by atoms with van der Waals surface area (Å²) in [4.78, 5) is 8.28. The SMILES string of the molecule is CCC(CO)OC(C)n1cc(C)c2c(N)ncnc21. The van der Waals surface area contributed by atoms with E-state index in [2.05, 4.69) is 9.97 Å². The Balaban J connectivity index is 2.37. The molecular weight excluding hydrogens is 244 g/mol. The molecule has 2 unspecified atom stereocenters. The van der Waals surface area contributed by atoms with Crippen molar-refractivity contribution in [3.63, 3.8) is 0 Å². The summed E-state index contributed by atoms with van der Waals surface area (Å²) >= 11 is 0. The quantitative estimate of drug-likeness (QED) is 0.857. The molecule has 2 heterocycles. The van der Waals surface area contributed by atoms with E-state index in [1.807, 2.05) is 31.5 Å². The summed E-state index contributed by atoms with van der Waals surface area (Å²) in [6.07, 6.45) is 3.76. The van der Waals surface area contributed by atoms with Crippen LogP contribution < -0.4 is 5.73 Å². The van der Waals surface area contributed by atoms with Gasteiger partial charge in [-0.2, -0.15) is 0 Å². The Kier molecular flexibility index (Phi) is 4.01. The average Bonchev–Trinajstić information content (AvgIpc) is 2.74. The van der Waals surface area contributed by atoms with Crippen LogP contribution in [0.5, 0.6) is 0 Å². The Morgan fingerprint density at radius 2 is 2.21 bits per heavy atom. The van der Waals surface area contributed by atoms with E-state index in [-0.39, 0.29) is 18.9 Å². The lowest BCUT2D eigenvalue weighted by molar-refractivity contribution is -0.0645. The topological polar surface area (TPSA) is 86.2 Å². The summed E-state index contributed by atoms with van der Waals surface area (Å²) in [5, 5.41) is 10.1. The van der Waals surface area contributed by atoms with E-state index in [1.54, 1.807) is 0 Å². The van der Waals surface area contributed by atoms with E-state index in [1.165, 1.54) is 6.33 Å². The van der Waals surface area contributed by atoms with Crippen molar-refractivity contribution < 1.29 is 9.84 Å². The lowest BCUT2D eigenvalue weighted by atomic mass is 10.2. The second kappa shape index (κ2) is 5.54. The zero-order valence-electron chi connectivity index (χ0n) is 11.5. The van der Waals surface area contributed by atoms with Crippen molar-refractivity contribution in [2.45, 2.75) is 39.5 Å². The van der Waals surface area contributed by atoms with Crippen molar-refractivity contribution in [1.29, 1.82) is 0 Å². The second-order valence-electron chi connectivity index (χ2n) is 4.63. The first kappa shape index (κ1) is 13.8. The number of hydrogen-bond donors (Lipinski definition) is 2. The van der Waals surface area contributed by atoms with Crippen LogP contribution in [0.4, 0.5) is 5.82 Å². The molecule has 0 saturated heterocycles. The van der Waals surface area contributed by atoms with Gasteiger partial charge in [-0.05, 0) is 25.8 Å². The first-order chi connectivity index (χ1) is 9.08. The highest BCUT2D eigenvalue weighted by molar-refractivity contribution is 5.89. The first-order valence-corrected chi connectivity index (χ1v) is 6.42. The van der Waals surface area contributed by atoms with Gasteiger partial charge in [-0.15, -0.1) is 0 Å². The number of rotatable bonds is 5. The number of nitrogens with zero attached hydrogens (tertiary/aromatic N) is 3. The molecule has 0 bridgehead atoms. The molecule has 0 aliphatic carbocycles. The molecule has 2 aromatic rings. The molecule has 0 aromatic carbocycles. The molecule has 0 amide bonds. The van der Waals surface area contributed by atoms with E-state index < -0.39 is 0 Å². The lowest BCUT2D eigenvalue weighted by Gasteiger charge is -2.21. The van der Waals surface area contributed by atoms with Gasteiger partial charge >= 0.3 is 0 Å². The van der Waals surface area contributed by atoms with Crippen LogP contribution in [0.15, 0.2) is 12.5 Å². The van der Waals surface area contributed by atoms with E-state index in [9.17, 15) is 5.11 Å². The number of nitrogens with two attached hydrogens (primary N) is 1. The minimum atomic E-state index is -0.220. The van der Waals surface area contributed by atoms with E-state index >= 15 is 0 Å². The Labute approximate surface area is 112 Å². The first-order valence-electron chi connectivity index (χ1n) is 6.42. The zero-order valence-corrected chi connectivity index (χ0v) is 11.5. The minimum Gasteiger partial charge on any atom is -0.394 e. The van der Waals surface area contributed by atoms with Gasteiger partial charge in [0.15, 0.2) is 0 Å². The van der Waals surface area contributed by atoms with Gasteiger partial charge < -0.3 is 20.1 Å². The summed E-state index contributed by atoms with van der Waals surface area (Å²) in [5.41, 5.74) is 7.65. The molecule has 104 valence electrons. The highest BCUT2D eigenvalue weighted by Gasteiger charge is 2.17. The maximum absolute atomic E-state index is 9.20. The molecule has 6 nitrogen and oxygen atoms in total. The Bertz CT molecular complexity index is 563. The standard InChI is InChI=1S/C13H20N4O2/c1-4-10(6-18)19-9(3)17-5-8(2)11-12(14)15-7-16-13(11)17/h5,7,9-10,18H,4,6H2,1-3H3,(H2,14,15,16). The van der Waals surface area contributed by atoms with Crippen LogP contribution in [0.1, 0.15) is 32.1 Å². The molecule has 2 aromatic heterocycles. The average molecular weight is 264 g/mol. The number of fused-ring (bicyclic) bond motifs is 1. The van der Waals surface area contributed by atoms with Crippen molar-refractivity contribution in [2.24, 2.45) is 0 Å². The second-order valence-corrected chi connectivity index (χ2v) is 4.63. The fourth-order valence-corrected chi connectivity index (χ4v) is 2.19. The van der Waals surface area contributed by atoms with Gasteiger partial charge in [0, 0.05) is 6.20 Å². The van der Waals surface area contributed by atoms with E-state index in [4.69, 9.17) is 10.5 Å². The molecule has 2 atom stereocenters. The third-order valence-corrected chi connectivity index (χ3v) is 3.27. The number of nitrogen functional groups attached to an aromatic ring is 1. The highest BCUT2D eigenvalue weighted by Crippen LogP contribution is 2.26. The number of hydrogen-bond acceptors (Lipinski definition) is 5. The minimum absolute atomic E-state index is 0.0101. The molecule has 0 fully saturated rings. The summed E-state index contributed by atoms with van der Waals surface area (Å²) in [6.45, 7) is 5.88. The van der Waals surface area contributed by atoms with Crippen LogP contribution in [-0.4, -0.2) is 32.4 Å². The lowest BCUT2D eigenvalue weighted by Crippen LogP contribution is -2.21.